The van der Waals surface area contributed by atoms with E-state index >= 15 is 0 Å². The molecule has 2 N–H and O–H groups in total. The minimum atomic E-state index is 0. The lowest BCUT2D eigenvalue weighted by atomic mass is 10.2. The third-order valence-electron chi connectivity index (χ3n) is 5.66. The second-order valence-electron chi connectivity index (χ2n) is 7.87. The average Bonchev–Trinajstić information content (AvgIpc) is 3.30. The summed E-state index contributed by atoms with van der Waals surface area (Å²) in [6.07, 6.45) is 3.27. The highest BCUT2D eigenvalue weighted by molar-refractivity contribution is 14.0. The molecule has 7 nitrogen and oxygen atoms in total. The fourth-order valence-electron chi connectivity index (χ4n) is 3.97. The van der Waals surface area contributed by atoms with E-state index in [1.54, 1.807) is 0 Å². The first kappa shape index (κ1) is 26.0. The number of halogens is 2. The Labute approximate surface area is 208 Å². The van der Waals surface area contributed by atoms with Crippen LogP contribution in [0.3, 0.4) is 0 Å². The Bertz CT molecular complexity index is 705. The Balaban J connectivity index is 0.00000341. The molecule has 0 radical (unpaired) electrons. The van der Waals surface area contributed by atoms with Crippen LogP contribution in [0.2, 0.25) is 5.02 Å². The minimum Gasteiger partial charge on any atom is -0.369 e. The van der Waals surface area contributed by atoms with Gasteiger partial charge < -0.3 is 20.4 Å². The number of anilines is 1. The summed E-state index contributed by atoms with van der Waals surface area (Å²) < 4.78 is 0. The van der Waals surface area contributed by atoms with Crippen LogP contribution < -0.4 is 15.5 Å². The zero-order valence-electron chi connectivity index (χ0n) is 18.5. The van der Waals surface area contributed by atoms with E-state index < -0.39 is 0 Å². The number of aliphatic imine (C=N–C) groups is 1. The SMILES string of the molecule is CCNC(=NCC(=O)N1CCCC1)NCCCN1CCN(c2cccc(Cl)c2)CC1.I. The van der Waals surface area contributed by atoms with Crippen LogP contribution in [0.1, 0.15) is 26.2 Å². The van der Waals surface area contributed by atoms with Crippen LogP contribution in [0.15, 0.2) is 29.3 Å². The van der Waals surface area contributed by atoms with Gasteiger partial charge in [0.15, 0.2) is 5.96 Å². The van der Waals surface area contributed by atoms with Gasteiger partial charge in [-0.2, -0.15) is 0 Å². The van der Waals surface area contributed by atoms with Crippen LogP contribution in [0.25, 0.3) is 0 Å². The van der Waals surface area contributed by atoms with Gasteiger partial charge in [-0.25, -0.2) is 4.99 Å². The Kier molecular flexibility index (Phi) is 11.7. The van der Waals surface area contributed by atoms with Gasteiger partial charge in [-0.15, -0.1) is 24.0 Å². The summed E-state index contributed by atoms with van der Waals surface area (Å²) >= 11 is 6.12. The number of hydrogen-bond donors (Lipinski definition) is 2. The molecule has 0 aliphatic carbocycles. The van der Waals surface area contributed by atoms with Gasteiger partial charge in [0.1, 0.15) is 6.54 Å². The van der Waals surface area contributed by atoms with E-state index in [2.05, 4.69) is 31.5 Å². The molecule has 0 atom stereocenters. The summed E-state index contributed by atoms with van der Waals surface area (Å²) in [5.74, 6) is 0.859. The maximum atomic E-state index is 12.2. The highest BCUT2D eigenvalue weighted by atomic mass is 127. The molecule has 2 saturated heterocycles. The van der Waals surface area contributed by atoms with Gasteiger partial charge >= 0.3 is 0 Å². The second kappa shape index (κ2) is 14.0. The van der Waals surface area contributed by atoms with Crippen molar-refractivity contribution in [1.29, 1.82) is 0 Å². The molecule has 0 aromatic heterocycles. The second-order valence-corrected chi connectivity index (χ2v) is 8.31. The Morgan fingerprint density at radius 3 is 2.52 bits per heavy atom. The number of amides is 1. The van der Waals surface area contributed by atoms with Gasteiger partial charge in [0.25, 0.3) is 0 Å². The van der Waals surface area contributed by atoms with Crippen molar-refractivity contribution in [1.82, 2.24) is 20.4 Å². The number of nitrogens with zero attached hydrogens (tertiary/aromatic N) is 4. The first-order chi connectivity index (χ1) is 14.7. The number of benzene rings is 1. The van der Waals surface area contributed by atoms with Crippen molar-refractivity contribution in [2.24, 2.45) is 4.99 Å². The summed E-state index contributed by atoms with van der Waals surface area (Å²) in [6.45, 7) is 10.9. The van der Waals surface area contributed by atoms with Crippen molar-refractivity contribution in [3.05, 3.63) is 29.3 Å². The molecule has 0 spiro atoms. The zero-order chi connectivity index (χ0) is 21.2. The lowest BCUT2D eigenvalue weighted by Gasteiger charge is -2.36. The first-order valence-corrected chi connectivity index (χ1v) is 11.6. The van der Waals surface area contributed by atoms with E-state index in [0.29, 0.717) is 0 Å². The summed E-state index contributed by atoms with van der Waals surface area (Å²) in [5, 5.41) is 7.39. The highest BCUT2D eigenvalue weighted by Crippen LogP contribution is 2.20. The van der Waals surface area contributed by atoms with Crippen LogP contribution >= 0.6 is 35.6 Å². The normalized spacial score (nSPS) is 17.4. The number of piperazine rings is 1. The molecule has 1 aromatic rings. The lowest BCUT2D eigenvalue weighted by molar-refractivity contribution is -0.128. The highest BCUT2D eigenvalue weighted by Gasteiger charge is 2.18. The van der Waals surface area contributed by atoms with Crippen LogP contribution in [0, 0.1) is 0 Å². The molecule has 1 amide bonds. The fraction of sp³-hybridized carbons (Fsp3) is 0.636. The molecule has 3 rings (SSSR count). The van der Waals surface area contributed by atoms with Gasteiger partial charge in [0.05, 0.1) is 0 Å². The van der Waals surface area contributed by atoms with Crippen molar-refractivity contribution in [2.75, 3.05) is 70.3 Å². The van der Waals surface area contributed by atoms with E-state index in [4.69, 9.17) is 11.6 Å². The third-order valence-corrected chi connectivity index (χ3v) is 5.90. The van der Waals surface area contributed by atoms with Crippen molar-refractivity contribution < 1.29 is 4.79 Å². The molecule has 2 heterocycles. The number of rotatable bonds is 8. The Hall–Kier alpha value is -1.26. The van der Waals surface area contributed by atoms with Crippen molar-refractivity contribution in [3.63, 3.8) is 0 Å². The molecule has 0 unspecified atom stereocenters. The number of hydrogen-bond acceptors (Lipinski definition) is 4. The summed E-state index contributed by atoms with van der Waals surface area (Å²) in [7, 11) is 0. The van der Waals surface area contributed by atoms with E-state index in [9.17, 15) is 4.79 Å². The monoisotopic (exact) mass is 562 g/mol. The van der Waals surface area contributed by atoms with Crippen LogP contribution in [-0.4, -0.2) is 87.1 Å². The molecule has 9 heteroatoms. The molecule has 0 bridgehead atoms. The van der Waals surface area contributed by atoms with E-state index in [0.717, 1.165) is 89.1 Å². The maximum absolute atomic E-state index is 12.2. The first-order valence-electron chi connectivity index (χ1n) is 11.2. The number of likely N-dealkylation sites (tertiary alicyclic amines) is 1. The van der Waals surface area contributed by atoms with Gasteiger partial charge in [0, 0.05) is 63.1 Å². The summed E-state index contributed by atoms with van der Waals surface area (Å²) in [4.78, 5) is 23.5. The minimum absolute atomic E-state index is 0. The number of nitrogens with one attached hydrogen (secondary N) is 2. The predicted octanol–water partition coefficient (Wildman–Crippen LogP) is 2.65. The summed E-state index contributed by atoms with van der Waals surface area (Å²) in [5.41, 5.74) is 1.21. The van der Waals surface area contributed by atoms with Crippen LogP contribution in [-0.2, 0) is 4.79 Å². The zero-order valence-corrected chi connectivity index (χ0v) is 21.6. The number of carbonyl (C=O) groups excluding carboxylic acids is 1. The van der Waals surface area contributed by atoms with Crippen molar-refractivity contribution in [3.8, 4) is 0 Å². The topological polar surface area (TPSA) is 63.2 Å². The summed E-state index contributed by atoms with van der Waals surface area (Å²) in [6, 6.07) is 8.10. The molecule has 2 aliphatic rings. The smallest absolute Gasteiger partial charge is 0.244 e. The Morgan fingerprint density at radius 2 is 1.84 bits per heavy atom. The molecule has 31 heavy (non-hydrogen) atoms. The predicted molar refractivity (Wildman–Crippen MR) is 140 cm³/mol. The van der Waals surface area contributed by atoms with Gasteiger partial charge in [-0.05, 0) is 50.9 Å². The molecular formula is C22H36ClIN6O. The maximum Gasteiger partial charge on any atom is 0.244 e. The van der Waals surface area contributed by atoms with E-state index in [1.807, 2.05) is 30.0 Å². The standard InChI is InChI=1S/C22H35ClN6O.HI/c1-2-24-22(26-18-21(30)29-11-3-4-12-29)25-9-6-10-27-13-15-28(16-14-27)20-8-5-7-19(23)17-20;/h5,7-8,17H,2-4,6,9-16,18H2,1H3,(H2,24,25,26);1H. The van der Waals surface area contributed by atoms with Gasteiger partial charge in [-0.1, -0.05) is 17.7 Å². The molecule has 2 aliphatic heterocycles. The van der Waals surface area contributed by atoms with Crippen molar-refractivity contribution >= 4 is 53.1 Å². The largest absolute Gasteiger partial charge is 0.369 e. The number of guanidine groups is 1. The third kappa shape index (κ3) is 8.65. The average molecular weight is 563 g/mol. The van der Waals surface area contributed by atoms with Gasteiger partial charge in [-0.3, -0.25) is 9.69 Å². The molecule has 2 fully saturated rings. The molecule has 174 valence electrons. The number of carbonyl (C=O) groups is 1. The molecule has 0 saturated carbocycles. The molecular weight excluding hydrogens is 527 g/mol. The van der Waals surface area contributed by atoms with Crippen LogP contribution in [0.5, 0.6) is 0 Å². The quantitative estimate of drug-likeness (QED) is 0.221. The lowest BCUT2D eigenvalue weighted by Crippen LogP contribution is -2.47. The van der Waals surface area contributed by atoms with E-state index in [1.165, 1.54) is 5.69 Å². The Morgan fingerprint density at radius 1 is 1.10 bits per heavy atom. The van der Waals surface area contributed by atoms with Crippen LogP contribution in [0.4, 0.5) is 5.69 Å². The van der Waals surface area contributed by atoms with Crippen molar-refractivity contribution in [2.45, 2.75) is 26.2 Å². The molecule has 1 aromatic carbocycles. The van der Waals surface area contributed by atoms with Gasteiger partial charge in [0.2, 0.25) is 5.91 Å². The fourth-order valence-corrected chi connectivity index (χ4v) is 4.15. The van der Waals surface area contributed by atoms with E-state index in [-0.39, 0.29) is 36.4 Å².